The van der Waals surface area contributed by atoms with Crippen molar-refractivity contribution in [2.75, 3.05) is 23.9 Å². The molecule has 6 rings (SSSR count). The first-order valence-electron chi connectivity index (χ1n) is 12.7. The van der Waals surface area contributed by atoms with Crippen molar-refractivity contribution in [3.8, 4) is 28.3 Å². The zero-order valence-electron chi connectivity index (χ0n) is 22.3. The number of anilines is 4. The molecule has 0 radical (unpaired) electrons. The van der Waals surface area contributed by atoms with Gasteiger partial charge in [-0.15, -0.1) is 29.8 Å². The van der Waals surface area contributed by atoms with Crippen molar-refractivity contribution in [3.63, 3.8) is 0 Å². The monoisotopic (exact) mass is 692 g/mol. The molecule has 0 amide bonds. The first-order valence-corrected chi connectivity index (χ1v) is 12.7. The zero-order chi connectivity index (χ0) is 26.4. The van der Waals surface area contributed by atoms with E-state index in [1.165, 1.54) is 0 Å². The Kier molecular flexibility index (Phi) is 7.05. The summed E-state index contributed by atoms with van der Waals surface area (Å²) in [6.45, 7) is 4.36. The number of rotatable bonds is 5. The summed E-state index contributed by atoms with van der Waals surface area (Å²) < 4.78 is 0. The molecule has 0 aliphatic heterocycles. The van der Waals surface area contributed by atoms with Crippen LogP contribution in [0.4, 0.5) is 22.9 Å². The Morgan fingerprint density at radius 3 is 2.33 bits per heavy atom. The van der Waals surface area contributed by atoms with Crippen molar-refractivity contribution in [1.29, 1.82) is 0 Å². The Bertz CT molecular complexity index is 1650. The summed E-state index contributed by atoms with van der Waals surface area (Å²) in [5, 5.41) is 10.7. The van der Waals surface area contributed by atoms with E-state index in [0.29, 0.717) is 0 Å². The number of aromatic nitrogens is 2. The minimum atomic E-state index is -0.228. The second-order valence-electron chi connectivity index (χ2n) is 10.3. The van der Waals surface area contributed by atoms with E-state index < -0.39 is 0 Å². The SMILES string of the molecule is CN(C)c1ccnc(N(c2[c-]c(-c3ccc4c(n3)-c3c(O)cccc3C4(C)C)ccc2)c2ccccc2)c1.[Pt]. The maximum absolute atomic E-state index is 10.7. The number of phenolic OH excluding ortho intramolecular Hbond substituents is 1. The quantitative estimate of drug-likeness (QED) is 0.194. The van der Waals surface area contributed by atoms with Gasteiger partial charge in [-0.25, -0.2) is 4.98 Å². The molecule has 198 valence electrons. The molecule has 1 aliphatic carbocycles. The van der Waals surface area contributed by atoms with Gasteiger partial charge in [0.25, 0.3) is 0 Å². The Morgan fingerprint density at radius 1 is 0.795 bits per heavy atom. The molecule has 6 heteroatoms. The molecule has 5 nitrogen and oxygen atoms in total. The van der Waals surface area contributed by atoms with Crippen LogP contribution in [-0.4, -0.2) is 29.2 Å². The van der Waals surface area contributed by atoms with Crippen molar-refractivity contribution in [2.24, 2.45) is 0 Å². The summed E-state index contributed by atoms with van der Waals surface area (Å²) in [6, 6.07) is 33.9. The third-order valence-corrected chi connectivity index (χ3v) is 7.31. The van der Waals surface area contributed by atoms with Crippen LogP contribution in [0.1, 0.15) is 25.0 Å². The molecule has 3 aromatic carbocycles. The van der Waals surface area contributed by atoms with Gasteiger partial charge in [-0.1, -0.05) is 56.3 Å². The predicted molar refractivity (Wildman–Crippen MR) is 155 cm³/mol. The van der Waals surface area contributed by atoms with E-state index in [9.17, 15) is 5.11 Å². The Hall–Kier alpha value is -3.95. The first kappa shape index (κ1) is 26.6. The normalized spacial score (nSPS) is 12.7. The van der Waals surface area contributed by atoms with Gasteiger partial charge in [0.2, 0.25) is 0 Å². The fraction of sp³-hybridized carbons (Fsp3) is 0.152. The van der Waals surface area contributed by atoms with Gasteiger partial charge in [-0.05, 0) is 46.8 Å². The minimum absolute atomic E-state index is 0. The average Bonchev–Trinajstić information content (AvgIpc) is 3.17. The molecule has 0 atom stereocenters. The molecule has 5 aromatic rings. The van der Waals surface area contributed by atoms with Crippen LogP contribution < -0.4 is 9.80 Å². The van der Waals surface area contributed by atoms with Crippen molar-refractivity contribution >= 4 is 22.9 Å². The number of pyridine rings is 2. The van der Waals surface area contributed by atoms with Crippen LogP contribution >= 0.6 is 0 Å². The van der Waals surface area contributed by atoms with Gasteiger partial charge < -0.3 is 14.9 Å². The molecule has 0 bridgehead atoms. The fourth-order valence-electron chi connectivity index (χ4n) is 5.28. The van der Waals surface area contributed by atoms with Crippen molar-refractivity contribution in [2.45, 2.75) is 19.3 Å². The summed E-state index contributed by atoms with van der Waals surface area (Å²) in [7, 11) is 4.05. The van der Waals surface area contributed by atoms with Gasteiger partial charge in [-0.2, -0.15) is 0 Å². The summed E-state index contributed by atoms with van der Waals surface area (Å²) in [4.78, 5) is 14.0. The number of phenols is 1. The summed E-state index contributed by atoms with van der Waals surface area (Å²) in [6.07, 6.45) is 1.83. The predicted octanol–water partition coefficient (Wildman–Crippen LogP) is 7.49. The van der Waals surface area contributed by atoms with E-state index >= 15 is 0 Å². The molecule has 0 saturated carbocycles. The third-order valence-electron chi connectivity index (χ3n) is 7.31. The van der Waals surface area contributed by atoms with Crippen molar-refractivity contribution in [3.05, 3.63) is 114 Å². The van der Waals surface area contributed by atoms with E-state index in [0.717, 1.165) is 56.5 Å². The van der Waals surface area contributed by atoms with Gasteiger partial charge in [0, 0.05) is 69.8 Å². The maximum Gasteiger partial charge on any atom is 0.138 e. The minimum Gasteiger partial charge on any atom is -0.507 e. The van der Waals surface area contributed by atoms with Crippen molar-refractivity contribution in [1.82, 2.24) is 9.97 Å². The molecular weight excluding hydrogens is 663 g/mol. The summed E-state index contributed by atoms with van der Waals surface area (Å²) >= 11 is 0. The van der Waals surface area contributed by atoms with Gasteiger partial charge in [0.1, 0.15) is 11.6 Å². The second-order valence-corrected chi connectivity index (χ2v) is 10.3. The fourth-order valence-corrected chi connectivity index (χ4v) is 5.28. The molecular formula is C33H29N4OPt-. The number of benzene rings is 3. The van der Waals surface area contributed by atoms with Gasteiger partial charge >= 0.3 is 0 Å². The zero-order valence-corrected chi connectivity index (χ0v) is 24.6. The molecule has 1 aliphatic rings. The number of fused-ring (bicyclic) bond motifs is 3. The van der Waals surface area contributed by atoms with Crippen LogP contribution in [0, 0.1) is 6.07 Å². The standard InChI is InChI=1S/C33H29N4O.Pt/c1-33(2)26-14-9-15-29(38)31(26)32-27(33)16-17-28(35-32)22-10-8-13-25(20-22)37(23-11-6-5-7-12-23)30-21-24(36(3)4)18-19-34-30;/h5-19,21,38H,1-4H3;/q-1;. The largest absolute Gasteiger partial charge is 0.507 e. The summed E-state index contributed by atoms with van der Waals surface area (Å²) in [5.41, 5.74) is 8.23. The topological polar surface area (TPSA) is 52.5 Å². The number of hydrogen-bond acceptors (Lipinski definition) is 5. The number of aromatic hydroxyl groups is 1. The first-order chi connectivity index (χ1) is 18.3. The van der Waals surface area contributed by atoms with E-state index in [1.807, 2.05) is 68.8 Å². The molecule has 2 heterocycles. The van der Waals surface area contributed by atoms with Crippen LogP contribution in [0.2, 0.25) is 0 Å². The second kappa shape index (κ2) is 10.3. The van der Waals surface area contributed by atoms with Crippen molar-refractivity contribution < 1.29 is 26.2 Å². The van der Waals surface area contributed by atoms with E-state index in [2.05, 4.69) is 66.1 Å². The molecule has 0 spiro atoms. The van der Waals surface area contributed by atoms with Crippen LogP contribution in [0.25, 0.3) is 22.5 Å². The molecule has 2 aromatic heterocycles. The van der Waals surface area contributed by atoms with Crippen LogP contribution in [0.15, 0.2) is 97.2 Å². The number of nitrogens with zero attached hydrogens (tertiary/aromatic N) is 4. The Morgan fingerprint density at radius 2 is 1.56 bits per heavy atom. The van der Waals surface area contributed by atoms with Crippen LogP contribution in [0.5, 0.6) is 5.75 Å². The van der Waals surface area contributed by atoms with Gasteiger partial charge in [-0.3, -0.25) is 4.98 Å². The van der Waals surface area contributed by atoms with Gasteiger partial charge in [0.15, 0.2) is 0 Å². The van der Waals surface area contributed by atoms with Crippen LogP contribution in [0.3, 0.4) is 0 Å². The smallest absolute Gasteiger partial charge is 0.138 e. The molecule has 0 saturated heterocycles. The summed E-state index contributed by atoms with van der Waals surface area (Å²) in [5.74, 6) is 1.07. The molecule has 1 N–H and O–H groups in total. The van der Waals surface area contributed by atoms with E-state index in [4.69, 9.17) is 9.97 Å². The molecule has 0 fully saturated rings. The average molecular weight is 693 g/mol. The van der Waals surface area contributed by atoms with E-state index in [1.54, 1.807) is 6.07 Å². The molecule has 39 heavy (non-hydrogen) atoms. The number of hydrogen-bond donors (Lipinski definition) is 1. The maximum atomic E-state index is 10.7. The van der Waals surface area contributed by atoms with Gasteiger partial charge in [0.05, 0.1) is 5.69 Å². The molecule has 0 unspecified atom stereocenters. The number of para-hydroxylation sites is 1. The Balaban J connectivity index is 0.00000308. The van der Waals surface area contributed by atoms with E-state index in [-0.39, 0.29) is 32.2 Å². The third kappa shape index (κ3) is 4.62. The van der Waals surface area contributed by atoms with Crippen LogP contribution in [-0.2, 0) is 26.5 Å². The Labute approximate surface area is 244 Å².